The Labute approximate surface area is 568 Å². The lowest BCUT2D eigenvalue weighted by Crippen LogP contribution is -2.10. The van der Waals surface area contributed by atoms with Crippen LogP contribution in [-0.4, -0.2) is 14.2 Å². The highest BCUT2D eigenvalue weighted by atomic mass is 32.1. The molecule has 3 nitrogen and oxygen atoms in total. The molecular weight excluding hydrogens is 1200 g/mol. The highest BCUT2D eigenvalue weighted by molar-refractivity contribution is 7.12. The number of hydrogen-bond donors (Lipinski definition) is 0. The Morgan fingerprint density at radius 3 is 0.954 bits per heavy atom. The fourth-order valence-electron chi connectivity index (χ4n) is 5.10. The highest BCUT2D eigenvalue weighted by Crippen LogP contribution is 2.36. The van der Waals surface area contributed by atoms with Gasteiger partial charge in [-0.2, -0.15) is 22.7 Å². The second-order valence-corrected chi connectivity index (χ2v) is 37.9. The third-order valence-electron chi connectivity index (χ3n) is 8.02. The van der Waals surface area contributed by atoms with Crippen LogP contribution >= 0.6 is 79.4 Å². The third kappa shape index (κ3) is 77.0. The lowest BCUT2D eigenvalue weighted by Gasteiger charge is -2.18. The predicted molar refractivity (Wildman–Crippen MR) is 412 cm³/mol. The van der Waals surface area contributed by atoms with Gasteiger partial charge in [0.25, 0.3) is 0 Å². The maximum atomic E-state index is 5.22. The number of methoxy groups -OCH3 is 2. The van der Waals surface area contributed by atoms with E-state index < -0.39 is 0 Å². The van der Waals surface area contributed by atoms with Gasteiger partial charge in [-0.1, -0.05) is 233 Å². The van der Waals surface area contributed by atoms with Crippen molar-refractivity contribution < 1.29 is 13.9 Å². The summed E-state index contributed by atoms with van der Waals surface area (Å²) < 4.78 is 14.7. The summed E-state index contributed by atoms with van der Waals surface area (Å²) in [5.41, 5.74) is 7.68. The number of rotatable bonds is 4. The van der Waals surface area contributed by atoms with Crippen molar-refractivity contribution in [2.45, 2.75) is 258 Å². The van der Waals surface area contributed by atoms with Crippen molar-refractivity contribution in [1.82, 2.24) is 0 Å². The number of hydrogen-bond acceptors (Lipinski definition) is 10. The molecule has 8 rings (SSSR count). The summed E-state index contributed by atoms with van der Waals surface area (Å²) in [5, 5.41) is 19.8. The largest absolute Gasteiger partial charge is 0.496 e. The fraction of sp³-hybridized carbons (Fsp3) is 0.584. The quantitative estimate of drug-likeness (QED) is 0.176. The third-order valence-corrected chi connectivity index (χ3v) is 15.4. The van der Waals surface area contributed by atoms with Gasteiger partial charge in [0, 0.05) is 14.6 Å². The maximum Gasteiger partial charge on any atom is 0.173 e. The molecule has 87 heavy (non-hydrogen) atoms. The van der Waals surface area contributed by atoms with E-state index in [2.05, 4.69) is 296 Å². The standard InChI is InChI=1S/C10H16S.C9H14OS.C9H14S.C6H8S.C5H6OS.C5H6S.5C5H12.C4H4O.C4H4S/c1-5-8-6-7-11-9(8)10(2,3)4;1-9(2,3)8-7(10-4)5-6-11-8;1-7-5-6-10-8(7)9(2,3)4;1-2-6-4-3-5-7-6;1-6-5-3-2-4-7-5;1-5-2-3-6-4-5;5*1-5(2,3)4;2*1-2-4-5-3-1/h6-7H,5H2,1-4H3;5-6H,1-4H3;5-6H,1-4H3;3-5H,2H2,1H3;2-4H,1H3;2-4H,1H3;5*1-4H3;2*1-4H. The molecule has 10 heteroatoms. The van der Waals surface area contributed by atoms with Crippen LogP contribution in [0.4, 0.5) is 0 Å². The van der Waals surface area contributed by atoms with E-state index in [9.17, 15) is 0 Å². The molecule has 0 bridgehead atoms. The molecule has 0 spiro atoms. The second-order valence-electron chi connectivity index (χ2n) is 31.6. The molecule has 8 heterocycles. The van der Waals surface area contributed by atoms with Crippen LogP contribution in [0.15, 0.2) is 138 Å². The summed E-state index contributed by atoms with van der Waals surface area (Å²) in [4.78, 5) is 5.84. The van der Waals surface area contributed by atoms with Crippen LogP contribution in [0.5, 0.6) is 10.8 Å². The van der Waals surface area contributed by atoms with Crippen molar-refractivity contribution in [3.8, 4) is 10.8 Å². The van der Waals surface area contributed by atoms with E-state index in [1.54, 1.807) is 77.0 Å². The normalized spacial score (nSPS) is 10.8. The second kappa shape index (κ2) is 48.6. The van der Waals surface area contributed by atoms with Crippen molar-refractivity contribution in [2.75, 3.05) is 14.2 Å². The average Bonchev–Trinajstić information content (AvgIpc) is 4.21. The molecule has 0 aliphatic heterocycles. The molecule has 0 aliphatic carbocycles. The van der Waals surface area contributed by atoms with Crippen LogP contribution in [0, 0.1) is 40.9 Å². The molecule has 8 aromatic rings. The summed E-state index contributed by atoms with van der Waals surface area (Å²) in [6, 6.07) is 24.4. The molecule has 0 saturated carbocycles. The SMILES string of the molecule is CC(C)(C)C.CC(C)(C)C.CC(C)(C)C.CC(C)(C)C.CC(C)(C)C.CCc1cccs1.CCc1ccsc1C(C)(C)C.COc1cccs1.COc1ccsc1C(C)(C)C.Cc1ccsc1.Cc1ccsc1C(C)(C)C.c1ccoc1.c1ccsc1. The van der Waals surface area contributed by atoms with E-state index in [0.717, 1.165) is 17.2 Å². The van der Waals surface area contributed by atoms with Gasteiger partial charge in [-0.3, -0.25) is 0 Å². The van der Waals surface area contributed by atoms with Crippen LogP contribution in [0.3, 0.4) is 0 Å². The first-order chi connectivity index (χ1) is 39.4. The molecule has 0 radical (unpaired) electrons. The van der Waals surface area contributed by atoms with Gasteiger partial charge in [-0.15, -0.1) is 56.7 Å². The predicted octanol–water partition coefficient (Wildman–Crippen LogP) is 29.4. The molecule has 0 amide bonds. The van der Waals surface area contributed by atoms with Crippen molar-refractivity contribution in [3.63, 3.8) is 0 Å². The number of thiophene rings is 7. The Morgan fingerprint density at radius 2 is 0.759 bits per heavy atom. The van der Waals surface area contributed by atoms with Crippen molar-refractivity contribution >= 4 is 79.4 Å². The van der Waals surface area contributed by atoms with Gasteiger partial charge in [0.2, 0.25) is 0 Å². The Hall–Kier alpha value is -3.22. The smallest absolute Gasteiger partial charge is 0.173 e. The van der Waals surface area contributed by atoms with E-state index >= 15 is 0 Å². The monoisotopic (exact) mass is 1330 g/mol. The summed E-state index contributed by atoms with van der Waals surface area (Å²) in [6.07, 6.45) is 5.59. The lowest BCUT2D eigenvalue weighted by molar-refractivity contribution is 0.402. The maximum absolute atomic E-state index is 5.22. The molecule has 0 aliphatic rings. The summed E-state index contributed by atoms with van der Waals surface area (Å²) in [6.45, 7) is 72.6. The van der Waals surface area contributed by atoms with E-state index in [4.69, 9.17) is 9.47 Å². The molecule has 0 atom stereocenters. The van der Waals surface area contributed by atoms with Crippen molar-refractivity contribution in [1.29, 1.82) is 0 Å². The van der Waals surface area contributed by atoms with Gasteiger partial charge in [0.1, 0.15) is 5.75 Å². The Kier molecular flexibility index (Phi) is 51.6. The molecule has 0 unspecified atom stereocenters. The zero-order valence-corrected chi connectivity index (χ0v) is 68.0. The van der Waals surface area contributed by atoms with Gasteiger partial charge in [0.05, 0.1) is 31.6 Å². The topological polar surface area (TPSA) is 31.6 Å². The fourth-order valence-corrected chi connectivity index (χ4v) is 10.5. The number of aryl methyl sites for hydroxylation is 4. The van der Waals surface area contributed by atoms with E-state index in [1.807, 2.05) is 92.6 Å². The number of furan rings is 1. The summed E-state index contributed by atoms with van der Waals surface area (Å²) in [5.74, 6) is 1.02. The van der Waals surface area contributed by atoms with Gasteiger partial charge < -0.3 is 13.9 Å². The van der Waals surface area contributed by atoms with E-state index in [-0.39, 0.29) is 5.41 Å². The summed E-state index contributed by atoms with van der Waals surface area (Å²) in [7, 11) is 3.39. The Bertz CT molecular complexity index is 2330. The molecule has 0 N–H and O–H groups in total. The van der Waals surface area contributed by atoms with E-state index in [0.29, 0.717) is 37.9 Å². The zero-order chi connectivity index (χ0) is 68.9. The molecule has 0 fully saturated rings. The van der Waals surface area contributed by atoms with Crippen LogP contribution in [0.2, 0.25) is 0 Å². The van der Waals surface area contributed by atoms with Crippen LogP contribution in [0.1, 0.15) is 251 Å². The Balaban J connectivity index is -0.000000283. The first kappa shape index (κ1) is 92.5. The van der Waals surface area contributed by atoms with Gasteiger partial charge in [-0.05, 0) is 190 Å². The number of ether oxygens (including phenoxy) is 2. The minimum Gasteiger partial charge on any atom is -0.496 e. The van der Waals surface area contributed by atoms with E-state index in [1.165, 1.54) is 37.7 Å². The first-order valence-electron chi connectivity index (χ1n) is 30.6. The molecule has 0 aromatic carbocycles. The van der Waals surface area contributed by atoms with Crippen LogP contribution in [-0.2, 0) is 29.1 Å². The van der Waals surface area contributed by atoms with Crippen LogP contribution in [0.25, 0.3) is 0 Å². The highest BCUT2D eigenvalue weighted by Gasteiger charge is 2.20. The lowest BCUT2D eigenvalue weighted by atomic mass is 9.91. The van der Waals surface area contributed by atoms with Gasteiger partial charge in [-0.25, -0.2) is 0 Å². The molecular formula is C77H132O3S7. The van der Waals surface area contributed by atoms with Crippen molar-refractivity contribution in [3.05, 3.63) is 170 Å². The molecule has 8 aromatic heterocycles. The zero-order valence-electron chi connectivity index (χ0n) is 62.3. The van der Waals surface area contributed by atoms with Crippen molar-refractivity contribution in [2.24, 2.45) is 27.1 Å². The molecule has 0 saturated heterocycles. The van der Waals surface area contributed by atoms with Gasteiger partial charge >= 0.3 is 0 Å². The minimum atomic E-state index is 0.208. The van der Waals surface area contributed by atoms with Crippen LogP contribution < -0.4 is 9.47 Å². The Morgan fingerprint density at radius 1 is 0.356 bits per heavy atom. The molecule has 500 valence electrons. The van der Waals surface area contributed by atoms with Gasteiger partial charge in [0.15, 0.2) is 5.06 Å². The minimum absolute atomic E-state index is 0.208. The summed E-state index contributed by atoms with van der Waals surface area (Å²) >= 11 is 12.4. The first-order valence-corrected chi connectivity index (χ1v) is 36.9. The average molecular weight is 1330 g/mol.